The number of hydrogen-bond donors (Lipinski definition) is 0. The Morgan fingerprint density at radius 3 is 2.78 bits per heavy atom. The minimum atomic E-state index is 0.321. The molecule has 0 aliphatic carbocycles. The summed E-state index contributed by atoms with van der Waals surface area (Å²) in [5.74, 6) is 2.03. The van der Waals surface area contributed by atoms with Crippen LogP contribution in [-0.4, -0.2) is 48.5 Å². The number of methoxy groups -OCH3 is 1. The zero-order valence-corrected chi connectivity index (χ0v) is 13.7. The summed E-state index contributed by atoms with van der Waals surface area (Å²) in [5, 5.41) is 4.07. The molecule has 6 heteroatoms. The van der Waals surface area contributed by atoms with Crippen molar-refractivity contribution in [1.29, 1.82) is 0 Å². The van der Waals surface area contributed by atoms with Gasteiger partial charge in [-0.05, 0) is 50.6 Å². The second-order valence-electron chi connectivity index (χ2n) is 5.93. The molecule has 2 heterocycles. The summed E-state index contributed by atoms with van der Waals surface area (Å²) in [6, 6.07) is 7.59. The number of nitrogens with zero attached hydrogens (tertiary/aromatic N) is 3. The van der Waals surface area contributed by atoms with Gasteiger partial charge in [0, 0.05) is 18.7 Å². The van der Waals surface area contributed by atoms with Gasteiger partial charge in [0.05, 0.1) is 19.8 Å². The molecule has 1 atom stereocenters. The van der Waals surface area contributed by atoms with E-state index in [1.807, 2.05) is 24.3 Å². The van der Waals surface area contributed by atoms with E-state index in [-0.39, 0.29) is 0 Å². The third-order valence-corrected chi connectivity index (χ3v) is 4.01. The minimum Gasteiger partial charge on any atom is -0.497 e. The fourth-order valence-corrected chi connectivity index (χ4v) is 2.77. The van der Waals surface area contributed by atoms with E-state index in [9.17, 15) is 0 Å². The van der Waals surface area contributed by atoms with Gasteiger partial charge in [0.15, 0.2) is 5.82 Å². The fraction of sp³-hybridized carbons (Fsp3) is 0.529. The minimum absolute atomic E-state index is 0.321. The predicted molar refractivity (Wildman–Crippen MR) is 86.2 cm³/mol. The van der Waals surface area contributed by atoms with E-state index in [1.54, 1.807) is 7.11 Å². The summed E-state index contributed by atoms with van der Waals surface area (Å²) in [6.07, 6.45) is 3.88. The molecular weight excluding hydrogens is 294 g/mol. The van der Waals surface area contributed by atoms with Crippen molar-refractivity contribution in [2.24, 2.45) is 0 Å². The van der Waals surface area contributed by atoms with Crippen molar-refractivity contribution >= 4 is 0 Å². The standard InChI is InChI=1S/C17H23N3O3/c1-20(11-15-5-3-4-10-22-15)12-16-18-17(23-19-16)13-6-8-14(21-2)9-7-13/h6-9,15H,3-5,10-12H2,1-2H3. The van der Waals surface area contributed by atoms with Gasteiger partial charge in [-0.3, -0.25) is 4.90 Å². The maximum absolute atomic E-state index is 5.76. The van der Waals surface area contributed by atoms with Crippen LogP contribution in [-0.2, 0) is 11.3 Å². The zero-order valence-electron chi connectivity index (χ0n) is 13.7. The van der Waals surface area contributed by atoms with Crippen LogP contribution in [0.5, 0.6) is 5.75 Å². The number of rotatable bonds is 6. The van der Waals surface area contributed by atoms with Crippen molar-refractivity contribution in [2.45, 2.75) is 31.9 Å². The summed E-state index contributed by atoms with van der Waals surface area (Å²) in [6.45, 7) is 2.42. The first-order valence-electron chi connectivity index (χ1n) is 8.02. The maximum atomic E-state index is 5.76. The molecule has 0 amide bonds. The number of ether oxygens (including phenoxy) is 2. The molecule has 1 aliphatic rings. The summed E-state index contributed by atoms with van der Waals surface area (Å²) >= 11 is 0. The van der Waals surface area contributed by atoms with Crippen LogP contribution in [0.4, 0.5) is 0 Å². The molecular formula is C17H23N3O3. The predicted octanol–water partition coefficient (Wildman–Crippen LogP) is 2.75. The molecule has 2 aromatic rings. The average molecular weight is 317 g/mol. The molecule has 3 rings (SSSR count). The quantitative estimate of drug-likeness (QED) is 0.816. The topological polar surface area (TPSA) is 60.6 Å². The Kier molecular flexibility index (Phi) is 5.25. The molecule has 1 aliphatic heterocycles. The Labute approximate surface area is 136 Å². The molecule has 1 saturated heterocycles. The number of benzene rings is 1. The SMILES string of the molecule is COc1ccc(-c2nc(CN(C)CC3CCCCO3)no2)cc1. The van der Waals surface area contributed by atoms with Crippen molar-refractivity contribution in [1.82, 2.24) is 15.0 Å². The van der Waals surface area contributed by atoms with Crippen molar-refractivity contribution in [2.75, 3.05) is 27.3 Å². The lowest BCUT2D eigenvalue weighted by Gasteiger charge is -2.26. The summed E-state index contributed by atoms with van der Waals surface area (Å²) < 4.78 is 16.3. The van der Waals surface area contributed by atoms with Crippen molar-refractivity contribution in [3.63, 3.8) is 0 Å². The number of aromatic nitrogens is 2. The number of likely N-dealkylation sites (N-methyl/N-ethyl adjacent to an activating group) is 1. The Morgan fingerprint density at radius 1 is 1.26 bits per heavy atom. The Hall–Kier alpha value is -1.92. The number of hydrogen-bond acceptors (Lipinski definition) is 6. The van der Waals surface area contributed by atoms with Gasteiger partial charge in [0.1, 0.15) is 5.75 Å². The lowest BCUT2D eigenvalue weighted by molar-refractivity contribution is -0.00299. The van der Waals surface area contributed by atoms with E-state index in [4.69, 9.17) is 14.0 Å². The first-order valence-corrected chi connectivity index (χ1v) is 8.02. The molecule has 0 saturated carbocycles. The third kappa shape index (κ3) is 4.30. The molecule has 124 valence electrons. The average Bonchev–Trinajstić information content (AvgIpc) is 3.04. The highest BCUT2D eigenvalue weighted by Gasteiger charge is 2.17. The lowest BCUT2D eigenvalue weighted by Crippen LogP contribution is -2.33. The molecule has 6 nitrogen and oxygen atoms in total. The van der Waals surface area contributed by atoms with Crippen molar-refractivity contribution in [3.05, 3.63) is 30.1 Å². The highest BCUT2D eigenvalue weighted by Crippen LogP contribution is 2.21. The van der Waals surface area contributed by atoms with E-state index in [0.717, 1.165) is 30.9 Å². The fourth-order valence-electron chi connectivity index (χ4n) is 2.77. The van der Waals surface area contributed by atoms with Gasteiger partial charge in [-0.15, -0.1) is 0 Å². The summed E-state index contributed by atoms with van der Waals surface area (Å²) in [4.78, 5) is 6.65. The first kappa shape index (κ1) is 16.0. The van der Waals surface area contributed by atoms with E-state index < -0.39 is 0 Å². The van der Waals surface area contributed by atoms with Crippen LogP contribution >= 0.6 is 0 Å². The lowest BCUT2D eigenvalue weighted by atomic mass is 10.1. The van der Waals surface area contributed by atoms with Crippen molar-refractivity contribution < 1.29 is 14.0 Å². The van der Waals surface area contributed by atoms with E-state index >= 15 is 0 Å². The van der Waals surface area contributed by atoms with E-state index in [2.05, 4.69) is 22.1 Å². The van der Waals surface area contributed by atoms with Crippen LogP contribution in [0.3, 0.4) is 0 Å². The van der Waals surface area contributed by atoms with Crippen molar-refractivity contribution in [3.8, 4) is 17.2 Å². The smallest absolute Gasteiger partial charge is 0.257 e. The normalized spacial score (nSPS) is 18.3. The Morgan fingerprint density at radius 2 is 2.09 bits per heavy atom. The van der Waals surface area contributed by atoms with E-state index in [1.165, 1.54) is 12.8 Å². The molecule has 1 unspecified atom stereocenters. The monoisotopic (exact) mass is 317 g/mol. The van der Waals surface area contributed by atoms with Crippen LogP contribution < -0.4 is 4.74 Å². The molecule has 0 radical (unpaired) electrons. The van der Waals surface area contributed by atoms with Gasteiger partial charge in [0.2, 0.25) is 0 Å². The second-order valence-corrected chi connectivity index (χ2v) is 5.93. The molecule has 0 bridgehead atoms. The van der Waals surface area contributed by atoms with Gasteiger partial charge in [0.25, 0.3) is 5.89 Å². The van der Waals surface area contributed by atoms with E-state index in [0.29, 0.717) is 24.4 Å². The first-order chi connectivity index (χ1) is 11.2. The van der Waals surface area contributed by atoms with Crippen LogP contribution in [0, 0.1) is 0 Å². The summed E-state index contributed by atoms with van der Waals surface area (Å²) in [7, 11) is 3.70. The van der Waals surface area contributed by atoms with Gasteiger partial charge in [-0.25, -0.2) is 0 Å². The van der Waals surface area contributed by atoms with Crippen LogP contribution in [0.15, 0.2) is 28.8 Å². The van der Waals surface area contributed by atoms with Gasteiger partial charge in [-0.2, -0.15) is 4.98 Å². The third-order valence-electron chi connectivity index (χ3n) is 4.01. The molecule has 23 heavy (non-hydrogen) atoms. The van der Waals surface area contributed by atoms with Crippen LogP contribution in [0.2, 0.25) is 0 Å². The molecule has 0 spiro atoms. The maximum Gasteiger partial charge on any atom is 0.257 e. The highest BCUT2D eigenvalue weighted by molar-refractivity contribution is 5.54. The van der Waals surface area contributed by atoms with Crippen LogP contribution in [0.1, 0.15) is 25.1 Å². The highest BCUT2D eigenvalue weighted by atomic mass is 16.5. The van der Waals surface area contributed by atoms with Crippen LogP contribution in [0.25, 0.3) is 11.5 Å². The van der Waals surface area contributed by atoms with Gasteiger partial charge < -0.3 is 14.0 Å². The molecule has 1 aromatic carbocycles. The molecule has 1 aromatic heterocycles. The molecule has 1 fully saturated rings. The van der Waals surface area contributed by atoms with Gasteiger partial charge in [-0.1, -0.05) is 5.16 Å². The summed E-state index contributed by atoms with van der Waals surface area (Å²) in [5.41, 5.74) is 0.891. The van der Waals surface area contributed by atoms with Gasteiger partial charge >= 0.3 is 0 Å². The Bertz CT molecular complexity index is 606. The zero-order chi connectivity index (χ0) is 16.1. The Balaban J connectivity index is 1.57. The molecule has 0 N–H and O–H groups in total. The second kappa shape index (κ2) is 7.57. The largest absolute Gasteiger partial charge is 0.497 e.